The van der Waals surface area contributed by atoms with Gasteiger partial charge < -0.3 is 13.8 Å². The fourth-order valence-corrected chi connectivity index (χ4v) is 4.45. The second-order valence-electron chi connectivity index (χ2n) is 3.59. The lowest BCUT2D eigenvalue weighted by Crippen LogP contribution is -2.01. The topological polar surface area (TPSA) is 61.8 Å². The molecule has 0 aliphatic carbocycles. The summed E-state index contributed by atoms with van der Waals surface area (Å²) in [5.41, 5.74) is 0. The van der Waals surface area contributed by atoms with Gasteiger partial charge in [-0.25, -0.2) is 4.79 Å². The van der Waals surface area contributed by atoms with E-state index in [9.17, 15) is 9.36 Å². The van der Waals surface area contributed by atoms with Gasteiger partial charge in [0.25, 0.3) is 0 Å². The standard InChI is InChI=1S/C12H19O5PS/c1-4-15-12(13)11-8-7-10(19-11)9-18(14,16-5-2)17-6-3/h7-8H,4-6,9H2,1-3H3. The average molecular weight is 306 g/mol. The highest BCUT2D eigenvalue weighted by molar-refractivity contribution is 7.53. The van der Waals surface area contributed by atoms with Gasteiger partial charge in [-0.3, -0.25) is 4.57 Å². The second kappa shape index (κ2) is 7.80. The molecule has 1 rings (SSSR count). The maximum absolute atomic E-state index is 12.3. The first-order valence-corrected chi connectivity index (χ1v) is 8.73. The predicted octanol–water partition coefficient (Wildman–Crippen LogP) is 3.69. The van der Waals surface area contributed by atoms with E-state index in [0.717, 1.165) is 4.88 Å². The van der Waals surface area contributed by atoms with Gasteiger partial charge in [-0.1, -0.05) is 0 Å². The number of thiophene rings is 1. The molecule has 0 bridgehead atoms. The van der Waals surface area contributed by atoms with E-state index < -0.39 is 7.60 Å². The van der Waals surface area contributed by atoms with Crippen LogP contribution in [0.4, 0.5) is 0 Å². The lowest BCUT2D eigenvalue weighted by Gasteiger charge is -2.15. The van der Waals surface area contributed by atoms with E-state index >= 15 is 0 Å². The molecule has 0 aliphatic rings. The van der Waals surface area contributed by atoms with E-state index in [2.05, 4.69) is 0 Å². The van der Waals surface area contributed by atoms with E-state index in [1.165, 1.54) is 11.3 Å². The molecule has 1 aromatic rings. The van der Waals surface area contributed by atoms with Crippen LogP contribution in [0, 0.1) is 0 Å². The zero-order valence-electron chi connectivity index (χ0n) is 11.4. The van der Waals surface area contributed by atoms with Crippen LogP contribution in [-0.4, -0.2) is 25.8 Å². The van der Waals surface area contributed by atoms with Crippen LogP contribution in [0.1, 0.15) is 35.3 Å². The van der Waals surface area contributed by atoms with Crippen LogP contribution >= 0.6 is 18.9 Å². The number of hydrogen-bond acceptors (Lipinski definition) is 6. The number of esters is 1. The zero-order valence-corrected chi connectivity index (χ0v) is 13.1. The van der Waals surface area contributed by atoms with Crippen molar-refractivity contribution in [3.05, 3.63) is 21.9 Å². The van der Waals surface area contributed by atoms with Crippen LogP contribution in [0.25, 0.3) is 0 Å². The molecule has 0 aliphatic heterocycles. The molecule has 5 nitrogen and oxygen atoms in total. The molecular weight excluding hydrogens is 287 g/mol. The smallest absolute Gasteiger partial charge is 0.348 e. The number of rotatable bonds is 8. The summed E-state index contributed by atoms with van der Waals surface area (Å²) in [6.07, 6.45) is 0.179. The molecule has 0 N–H and O–H groups in total. The first-order valence-electron chi connectivity index (χ1n) is 6.18. The molecule has 1 aromatic heterocycles. The molecule has 19 heavy (non-hydrogen) atoms. The van der Waals surface area contributed by atoms with Gasteiger partial charge >= 0.3 is 13.6 Å². The van der Waals surface area contributed by atoms with Crippen LogP contribution in [0.3, 0.4) is 0 Å². The molecule has 0 fully saturated rings. The molecule has 108 valence electrons. The Hall–Kier alpha value is -0.680. The molecule has 0 atom stereocenters. The number of hydrogen-bond donors (Lipinski definition) is 0. The molecule has 1 heterocycles. The first kappa shape index (κ1) is 16.4. The minimum absolute atomic E-state index is 0.179. The minimum atomic E-state index is -3.12. The van der Waals surface area contributed by atoms with Gasteiger partial charge in [0.05, 0.1) is 26.0 Å². The van der Waals surface area contributed by atoms with E-state index in [1.54, 1.807) is 32.9 Å². The Kier molecular flexibility index (Phi) is 6.72. The van der Waals surface area contributed by atoms with Crippen LogP contribution < -0.4 is 0 Å². The normalized spacial score (nSPS) is 11.5. The Bertz CT molecular complexity index is 447. The lowest BCUT2D eigenvalue weighted by atomic mass is 10.4. The van der Waals surface area contributed by atoms with Crippen molar-refractivity contribution >= 4 is 24.9 Å². The van der Waals surface area contributed by atoms with Gasteiger partial charge in [0, 0.05) is 4.88 Å². The lowest BCUT2D eigenvalue weighted by molar-refractivity contribution is 0.0532. The molecule has 0 aromatic carbocycles. The maximum atomic E-state index is 12.3. The summed E-state index contributed by atoms with van der Waals surface area (Å²) in [6.45, 7) is 6.28. The Morgan fingerprint density at radius 2 is 1.79 bits per heavy atom. The monoisotopic (exact) mass is 306 g/mol. The van der Waals surface area contributed by atoms with Crippen molar-refractivity contribution in [2.75, 3.05) is 19.8 Å². The molecule has 0 saturated heterocycles. The highest BCUT2D eigenvalue weighted by atomic mass is 32.1. The SMILES string of the molecule is CCOC(=O)c1ccc(CP(=O)(OCC)OCC)s1. The van der Waals surface area contributed by atoms with Crippen LogP contribution in [-0.2, 0) is 24.5 Å². The summed E-state index contributed by atoms with van der Waals surface area (Å²) in [6, 6.07) is 3.42. The summed E-state index contributed by atoms with van der Waals surface area (Å²) in [5.74, 6) is -0.360. The summed E-state index contributed by atoms with van der Waals surface area (Å²) < 4.78 is 27.7. The fraction of sp³-hybridized carbons (Fsp3) is 0.583. The Morgan fingerprint density at radius 1 is 1.16 bits per heavy atom. The molecule has 0 amide bonds. The van der Waals surface area contributed by atoms with Crippen molar-refractivity contribution < 1.29 is 23.1 Å². The van der Waals surface area contributed by atoms with Crippen LogP contribution in [0.2, 0.25) is 0 Å². The van der Waals surface area contributed by atoms with Crippen molar-refractivity contribution in [2.45, 2.75) is 26.9 Å². The second-order valence-corrected chi connectivity index (χ2v) is 6.81. The molecule has 0 radical (unpaired) electrons. The van der Waals surface area contributed by atoms with Gasteiger partial charge in [0.1, 0.15) is 4.88 Å². The van der Waals surface area contributed by atoms with Gasteiger partial charge in [-0.2, -0.15) is 0 Å². The van der Waals surface area contributed by atoms with E-state index in [1.807, 2.05) is 0 Å². The Labute approximate surface area is 117 Å². The molecule has 0 unspecified atom stereocenters. The fourth-order valence-electron chi connectivity index (χ4n) is 1.49. The van der Waals surface area contributed by atoms with Gasteiger partial charge in [0.2, 0.25) is 0 Å². The first-order chi connectivity index (χ1) is 9.04. The molecule has 0 saturated carbocycles. The Balaban J connectivity index is 2.75. The summed E-state index contributed by atoms with van der Waals surface area (Å²) in [5, 5.41) is 0. The van der Waals surface area contributed by atoms with Crippen LogP contribution in [0.15, 0.2) is 12.1 Å². The van der Waals surface area contributed by atoms with E-state index in [0.29, 0.717) is 24.7 Å². The van der Waals surface area contributed by atoms with E-state index in [-0.39, 0.29) is 12.1 Å². The Morgan fingerprint density at radius 3 is 2.32 bits per heavy atom. The van der Waals surface area contributed by atoms with Crippen molar-refractivity contribution in [1.29, 1.82) is 0 Å². The third-order valence-corrected chi connectivity index (χ3v) is 5.45. The highest BCUT2D eigenvalue weighted by Crippen LogP contribution is 2.52. The van der Waals surface area contributed by atoms with Crippen molar-refractivity contribution in [3.63, 3.8) is 0 Å². The van der Waals surface area contributed by atoms with Gasteiger partial charge in [-0.05, 0) is 32.9 Å². The maximum Gasteiger partial charge on any atom is 0.348 e. The zero-order chi connectivity index (χ0) is 14.3. The number of carbonyl (C=O) groups excluding carboxylic acids is 1. The third kappa shape index (κ3) is 5.07. The highest BCUT2D eigenvalue weighted by Gasteiger charge is 2.25. The van der Waals surface area contributed by atoms with Gasteiger partial charge in [0.15, 0.2) is 0 Å². The quantitative estimate of drug-likeness (QED) is 0.541. The van der Waals surface area contributed by atoms with Crippen molar-refractivity contribution in [3.8, 4) is 0 Å². The summed E-state index contributed by atoms with van der Waals surface area (Å²) in [7, 11) is -3.12. The van der Waals surface area contributed by atoms with Gasteiger partial charge in [-0.15, -0.1) is 11.3 Å². The predicted molar refractivity (Wildman–Crippen MR) is 74.8 cm³/mol. The summed E-state index contributed by atoms with van der Waals surface area (Å²) in [4.78, 5) is 12.8. The minimum Gasteiger partial charge on any atom is -0.462 e. The molecule has 0 spiro atoms. The van der Waals surface area contributed by atoms with E-state index in [4.69, 9.17) is 13.8 Å². The van der Waals surface area contributed by atoms with Crippen molar-refractivity contribution in [2.24, 2.45) is 0 Å². The van der Waals surface area contributed by atoms with Crippen molar-refractivity contribution in [1.82, 2.24) is 0 Å². The average Bonchev–Trinajstić information content (AvgIpc) is 2.78. The number of ether oxygens (including phenoxy) is 1. The largest absolute Gasteiger partial charge is 0.462 e. The molecular formula is C12H19O5PS. The van der Waals surface area contributed by atoms with Crippen LogP contribution in [0.5, 0.6) is 0 Å². The number of carbonyl (C=O) groups is 1. The third-order valence-electron chi connectivity index (χ3n) is 2.14. The summed E-state index contributed by atoms with van der Waals surface area (Å²) >= 11 is 1.25. The molecule has 7 heteroatoms.